The minimum atomic E-state index is -1.14. The van der Waals surface area contributed by atoms with Crippen molar-refractivity contribution in [3.05, 3.63) is 32.9 Å². The average Bonchev–Trinajstić information content (AvgIpc) is 3.44. The van der Waals surface area contributed by atoms with Gasteiger partial charge in [-0.2, -0.15) is 0 Å². The number of rotatable bonds is 12. The first kappa shape index (κ1) is 30.3. The van der Waals surface area contributed by atoms with Crippen LogP contribution in [0.15, 0.2) is 23.8 Å². The Kier molecular flexibility index (Phi) is 11.4. The molecule has 3 N–H and O–H groups in total. The van der Waals surface area contributed by atoms with Crippen LogP contribution in [0.3, 0.4) is 0 Å². The van der Waals surface area contributed by atoms with Gasteiger partial charge >= 0.3 is 0 Å². The van der Waals surface area contributed by atoms with Crippen LogP contribution >= 0.6 is 22.6 Å². The van der Waals surface area contributed by atoms with Crippen molar-refractivity contribution >= 4 is 40.7 Å². The van der Waals surface area contributed by atoms with E-state index < -0.39 is 24.2 Å². The number of aldehydes is 1. The number of hydrogen-bond acceptors (Lipinski definition) is 8. The van der Waals surface area contributed by atoms with E-state index in [0.29, 0.717) is 64.6 Å². The number of carbonyl (C=O) groups is 3. The number of benzene rings is 1. The molecule has 3 rings (SSSR count). The van der Waals surface area contributed by atoms with Crippen molar-refractivity contribution in [2.24, 2.45) is 11.8 Å². The Hall–Kier alpha value is -2.22. The molecule has 1 fully saturated rings. The van der Waals surface area contributed by atoms with Crippen molar-refractivity contribution in [1.29, 1.82) is 0 Å². The summed E-state index contributed by atoms with van der Waals surface area (Å²) in [5.41, 5.74) is 0.756. The first-order chi connectivity index (χ1) is 18.2. The number of ether oxygens (including phenoxy) is 3. The molecule has 0 bridgehead atoms. The molecule has 1 aromatic carbocycles. The molecule has 0 radical (unpaired) electrons. The van der Waals surface area contributed by atoms with Gasteiger partial charge in [0.15, 0.2) is 11.5 Å². The van der Waals surface area contributed by atoms with Gasteiger partial charge in [-0.1, -0.05) is 13.8 Å². The number of nitrogens with one attached hydrogen (secondary N) is 1. The molecule has 38 heavy (non-hydrogen) atoms. The van der Waals surface area contributed by atoms with E-state index in [1.54, 1.807) is 17.0 Å². The molecule has 210 valence electrons. The second-order valence-corrected chi connectivity index (χ2v) is 11.1. The molecule has 1 aromatic rings. The molecule has 0 spiro atoms. The Morgan fingerprint density at radius 1 is 1.34 bits per heavy atom. The van der Waals surface area contributed by atoms with E-state index in [4.69, 9.17) is 14.2 Å². The first-order valence-corrected chi connectivity index (χ1v) is 13.9. The van der Waals surface area contributed by atoms with Crippen LogP contribution in [0, 0.1) is 15.4 Å². The van der Waals surface area contributed by atoms with Crippen LogP contribution in [-0.4, -0.2) is 91.5 Å². The van der Waals surface area contributed by atoms with Gasteiger partial charge in [-0.15, -0.1) is 0 Å². The van der Waals surface area contributed by atoms with Crippen molar-refractivity contribution < 1.29 is 38.8 Å². The monoisotopic (exact) mass is 644 g/mol. The molecule has 4 unspecified atom stereocenters. The third-order valence-corrected chi connectivity index (χ3v) is 7.57. The van der Waals surface area contributed by atoms with E-state index in [2.05, 4.69) is 19.2 Å². The summed E-state index contributed by atoms with van der Waals surface area (Å²) in [4.78, 5) is 39.6. The average molecular weight is 645 g/mol. The highest BCUT2D eigenvalue weighted by Gasteiger charge is 2.42. The van der Waals surface area contributed by atoms with Gasteiger partial charge < -0.3 is 34.6 Å². The van der Waals surface area contributed by atoms with Crippen LogP contribution in [0.1, 0.15) is 43.5 Å². The lowest BCUT2D eigenvalue weighted by Crippen LogP contribution is -2.56. The van der Waals surface area contributed by atoms with Gasteiger partial charge in [-0.25, -0.2) is 0 Å². The maximum atomic E-state index is 13.6. The van der Waals surface area contributed by atoms with Gasteiger partial charge in [0, 0.05) is 37.3 Å². The van der Waals surface area contributed by atoms with Crippen LogP contribution in [0.5, 0.6) is 11.5 Å². The topological polar surface area (TPSA) is 135 Å². The van der Waals surface area contributed by atoms with Crippen molar-refractivity contribution in [2.75, 3.05) is 40.0 Å². The summed E-state index contributed by atoms with van der Waals surface area (Å²) < 4.78 is 17.7. The minimum absolute atomic E-state index is 0.0726. The number of halogens is 1. The largest absolute Gasteiger partial charge is 0.493 e. The van der Waals surface area contributed by atoms with Gasteiger partial charge in [0.25, 0.3) is 0 Å². The van der Waals surface area contributed by atoms with Gasteiger partial charge in [0.05, 0.1) is 35.9 Å². The molecule has 11 heteroatoms. The van der Waals surface area contributed by atoms with E-state index in [-0.39, 0.29) is 31.4 Å². The number of nitrogens with zero attached hydrogens (tertiary/aromatic N) is 1. The van der Waals surface area contributed by atoms with E-state index >= 15 is 0 Å². The van der Waals surface area contributed by atoms with Crippen molar-refractivity contribution in [3.8, 4) is 11.5 Å². The Bertz CT molecular complexity index is 1020. The molecule has 1 saturated heterocycles. The highest BCUT2D eigenvalue weighted by Crippen LogP contribution is 2.37. The molecule has 1 heterocycles. The SMILES string of the molecule is COc1cc(C=O)cc(I)c1OC1C=C(C(=O)NCCO)CC(N(CCC(C)C)C(=O)C2CCOC2)C1O. The minimum Gasteiger partial charge on any atom is -0.493 e. The van der Waals surface area contributed by atoms with Crippen molar-refractivity contribution in [3.63, 3.8) is 0 Å². The third-order valence-electron chi connectivity index (χ3n) is 6.77. The normalized spacial score (nSPS) is 23.1. The molecular formula is C27H37IN2O8. The number of aliphatic hydroxyl groups excluding tert-OH is 2. The van der Waals surface area contributed by atoms with E-state index in [0.717, 1.165) is 6.42 Å². The summed E-state index contributed by atoms with van der Waals surface area (Å²) in [5, 5.41) is 23.4. The molecule has 0 saturated carbocycles. The third kappa shape index (κ3) is 7.45. The van der Waals surface area contributed by atoms with Crippen LogP contribution in [0.2, 0.25) is 0 Å². The number of aliphatic hydroxyl groups is 2. The maximum absolute atomic E-state index is 13.6. The smallest absolute Gasteiger partial charge is 0.247 e. The quantitative estimate of drug-likeness (QED) is 0.232. The highest BCUT2D eigenvalue weighted by atomic mass is 127. The maximum Gasteiger partial charge on any atom is 0.247 e. The Morgan fingerprint density at radius 2 is 2.11 bits per heavy atom. The summed E-state index contributed by atoms with van der Waals surface area (Å²) in [6.07, 6.45) is 1.60. The van der Waals surface area contributed by atoms with Gasteiger partial charge in [-0.05, 0) is 59.6 Å². The molecule has 2 aliphatic rings. The zero-order valence-corrected chi connectivity index (χ0v) is 24.2. The second-order valence-electron chi connectivity index (χ2n) is 9.94. The van der Waals surface area contributed by atoms with E-state index in [9.17, 15) is 24.6 Å². The fourth-order valence-corrected chi connectivity index (χ4v) is 5.39. The Morgan fingerprint density at radius 3 is 2.71 bits per heavy atom. The number of carbonyl (C=O) groups excluding carboxylic acids is 3. The van der Waals surface area contributed by atoms with Crippen molar-refractivity contribution in [2.45, 2.75) is 51.4 Å². The van der Waals surface area contributed by atoms with Gasteiger partial charge in [-0.3, -0.25) is 14.4 Å². The fraction of sp³-hybridized carbons (Fsp3) is 0.593. The number of amides is 2. The predicted octanol–water partition coefficient (Wildman–Crippen LogP) is 1.94. The summed E-state index contributed by atoms with van der Waals surface area (Å²) in [6, 6.07) is 2.45. The molecule has 1 aliphatic heterocycles. The number of hydrogen-bond donors (Lipinski definition) is 3. The summed E-state index contributed by atoms with van der Waals surface area (Å²) in [5.74, 6) is 0.141. The van der Waals surface area contributed by atoms with Gasteiger partial charge in [0.1, 0.15) is 18.5 Å². The Balaban J connectivity index is 1.99. The lowest BCUT2D eigenvalue weighted by molar-refractivity contribution is -0.143. The lowest BCUT2D eigenvalue weighted by Gasteiger charge is -2.41. The molecule has 2 amide bonds. The van der Waals surface area contributed by atoms with Crippen LogP contribution in [0.4, 0.5) is 0 Å². The number of methoxy groups -OCH3 is 1. The van der Waals surface area contributed by atoms with Crippen LogP contribution < -0.4 is 14.8 Å². The molecule has 10 nitrogen and oxygen atoms in total. The van der Waals surface area contributed by atoms with E-state index in [1.807, 2.05) is 22.6 Å². The lowest BCUT2D eigenvalue weighted by atomic mass is 9.87. The molecule has 0 aromatic heterocycles. The van der Waals surface area contributed by atoms with E-state index in [1.165, 1.54) is 13.2 Å². The van der Waals surface area contributed by atoms with Crippen LogP contribution in [0.25, 0.3) is 0 Å². The zero-order valence-electron chi connectivity index (χ0n) is 22.0. The molecule has 1 aliphatic carbocycles. The zero-order chi connectivity index (χ0) is 27.8. The summed E-state index contributed by atoms with van der Waals surface area (Å²) in [7, 11) is 1.45. The second kappa shape index (κ2) is 14.2. The fourth-order valence-electron chi connectivity index (χ4n) is 4.64. The van der Waals surface area contributed by atoms with Crippen molar-refractivity contribution in [1.82, 2.24) is 10.2 Å². The molecular weight excluding hydrogens is 607 g/mol. The summed E-state index contributed by atoms with van der Waals surface area (Å²) >= 11 is 2.02. The Labute approximate surface area is 236 Å². The van der Waals surface area contributed by atoms with Gasteiger partial charge in [0.2, 0.25) is 11.8 Å². The summed E-state index contributed by atoms with van der Waals surface area (Å²) in [6.45, 7) is 5.25. The predicted molar refractivity (Wildman–Crippen MR) is 148 cm³/mol. The highest BCUT2D eigenvalue weighted by molar-refractivity contribution is 14.1. The first-order valence-electron chi connectivity index (χ1n) is 12.9. The molecule has 4 atom stereocenters. The van der Waals surface area contributed by atoms with Crippen LogP contribution in [-0.2, 0) is 14.3 Å². The standard InChI is InChI=1S/C27H37IN2O8/c1-16(2)4-7-30(27(35)18-5-9-37-15-18)21-12-19(26(34)29-6-8-31)13-22(24(21)33)38-25-20(28)10-17(14-32)11-23(25)36-3/h10-11,13-14,16,18,21-22,24,31,33H,4-9,12,15H2,1-3H3,(H,29,34).